The topological polar surface area (TPSA) is 84.9 Å². The average Bonchev–Trinajstić information content (AvgIpc) is 3.83. The summed E-state index contributed by atoms with van der Waals surface area (Å²) in [5, 5.41) is -0.180. The van der Waals surface area contributed by atoms with Gasteiger partial charge in [-0.3, -0.25) is 18.7 Å². The molecule has 6 heterocycles. The van der Waals surface area contributed by atoms with Gasteiger partial charge < -0.3 is 0 Å². The first kappa shape index (κ1) is 34.2. The molecular weight excluding hydrogens is 677 g/mol. The van der Waals surface area contributed by atoms with Crippen molar-refractivity contribution in [1.29, 1.82) is 0 Å². The van der Waals surface area contributed by atoms with E-state index in [-0.39, 0.29) is 5.25 Å². The highest BCUT2D eigenvalue weighted by molar-refractivity contribution is 7.91. The van der Waals surface area contributed by atoms with E-state index in [4.69, 9.17) is 0 Å². The number of imidazole rings is 2. The molecule has 53 heavy (non-hydrogen) atoms. The molecule has 0 spiro atoms. The van der Waals surface area contributed by atoms with Gasteiger partial charge in [0.15, 0.2) is 0 Å². The lowest BCUT2D eigenvalue weighted by molar-refractivity contribution is 0.222. The van der Waals surface area contributed by atoms with Crippen LogP contribution in [-0.2, 0) is 16.4 Å². The summed E-state index contributed by atoms with van der Waals surface area (Å²) < 4.78 is 27.7. The van der Waals surface area contributed by atoms with Crippen molar-refractivity contribution in [2.24, 2.45) is 0 Å². The third-order valence-corrected chi connectivity index (χ3v) is 11.7. The first-order chi connectivity index (χ1) is 25.9. The number of nitrogens with zero attached hydrogens (tertiary/aromatic N) is 6. The fraction of sp³-hybridized carbons (Fsp3) is 0.159. The maximum atomic E-state index is 11.8. The van der Waals surface area contributed by atoms with Crippen molar-refractivity contribution < 1.29 is 8.42 Å². The Morgan fingerprint density at radius 2 is 1.08 bits per heavy atom. The van der Waals surface area contributed by atoms with Crippen LogP contribution in [0.5, 0.6) is 0 Å². The predicted octanol–water partition coefficient (Wildman–Crippen LogP) is 8.74. The summed E-state index contributed by atoms with van der Waals surface area (Å²) in [6.07, 6.45) is 14.4. The van der Waals surface area contributed by atoms with Gasteiger partial charge in [-0.2, -0.15) is 0 Å². The Bertz CT molecular complexity index is 2560. The van der Waals surface area contributed by atoms with Gasteiger partial charge in [0.25, 0.3) is 0 Å². The summed E-state index contributed by atoms with van der Waals surface area (Å²) in [4.78, 5) is 15.5. The number of aromatic nitrogens is 5. The number of fused-ring (bicyclic) bond motifs is 2. The van der Waals surface area contributed by atoms with Gasteiger partial charge in [0.2, 0.25) is 0 Å². The number of likely N-dealkylation sites (tertiary alicyclic amines) is 1. The summed E-state index contributed by atoms with van der Waals surface area (Å²) in [6, 6.07) is 41.7. The second-order valence-electron chi connectivity index (χ2n) is 13.5. The van der Waals surface area contributed by atoms with Crippen molar-refractivity contribution in [3.05, 3.63) is 164 Å². The molecule has 0 radical (unpaired) electrons. The molecule has 5 aromatic heterocycles. The molecular formula is C44H40N6O2S. The summed E-state index contributed by atoms with van der Waals surface area (Å²) in [5.74, 6) is 0. The van der Waals surface area contributed by atoms with E-state index in [2.05, 4.69) is 114 Å². The zero-order valence-corrected chi connectivity index (χ0v) is 30.3. The van der Waals surface area contributed by atoms with Crippen LogP contribution in [0.3, 0.4) is 0 Å². The Hall–Kier alpha value is -5.90. The fourth-order valence-electron chi connectivity index (χ4n) is 7.07. The van der Waals surface area contributed by atoms with Crippen LogP contribution in [0, 0.1) is 0 Å². The highest BCUT2D eigenvalue weighted by Gasteiger charge is 2.26. The Kier molecular flexibility index (Phi) is 9.67. The molecule has 1 aliphatic rings. The molecule has 8 aromatic rings. The predicted molar refractivity (Wildman–Crippen MR) is 213 cm³/mol. The van der Waals surface area contributed by atoms with Crippen molar-refractivity contribution in [2.45, 2.75) is 24.6 Å². The SMILES string of the molecule is CS(=O)(=O)C1CCN(Cc2ccc(-c3ccn4c(-c5ccccc5)cnc4c3)cc2)CC1.c1ccc(-c2cnc3cc(-c4ccncc4)ccn23)cc1. The third kappa shape index (κ3) is 7.67. The van der Waals surface area contributed by atoms with Gasteiger partial charge in [0.05, 0.1) is 29.0 Å². The maximum absolute atomic E-state index is 11.8. The molecule has 8 nitrogen and oxygen atoms in total. The van der Waals surface area contributed by atoms with E-state index in [9.17, 15) is 8.42 Å². The fourth-order valence-corrected chi connectivity index (χ4v) is 8.13. The minimum Gasteiger partial charge on any atom is -0.300 e. The van der Waals surface area contributed by atoms with E-state index in [1.165, 1.54) is 17.4 Å². The monoisotopic (exact) mass is 716 g/mol. The molecule has 264 valence electrons. The number of hydrogen-bond donors (Lipinski definition) is 0. The van der Waals surface area contributed by atoms with Crippen LogP contribution in [0.4, 0.5) is 0 Å². The summed E-state index contributed by atoms with van der Waals surface area (Å²) in [6.45, 7) is 2.52. The highest BCUT2D eigenvalue weighted by atomic mass is 32.2. The smallest absolute Gasteiger partial charge is 0.150 e. The normalized spacial score (nSPS) is 13.9. The molecule has 0 unspecified atom stereocenters. The van der Waals surface area contributed by atoms with E-state index >= 15 is 0 Å². The molecule has 0 saturated carbocycles. The largest absolute Gasteiger partial charge is 0.300 e. The minimum absolute atomic E-state index is 0.180. The van der Waals surface area contributed by atoms with E-state index in [0.29, 0.717) is 0 Å². The summed E-state index contributed by atoms with van der Waals surface area (Å²) in [5.41, 5.74) is 12.2. The molecule has 1 aliphatic heterocycles. The maximum Gasteiger partial charge on any atom is 0.150 e. The first-order valence-corrected chi connectivity index (χ1v) is 19.8. The molecule has 1 saturated heterocycles. The third-order valence-electron chi connectivity index (χ3n) is 10.0. The number of piperidine rings is 1. The van der Waals surface area contributed by atoms with Gasteiger partial charge in [0.1, 0.15) is 21.1 Å². The van der Waals surface area contributed by atoms with E-state index in [1.54, 1.807) is 12.4 Å². The van der Waals surface area contributed by atoms with Crippen molar-refractivity contribution in [2.75, 3.05) is 19.3 Å². The van der Waals surface area contributed by atoms with Crippen LogP contribution < -0.4 is 0 Å². The van der Waals surface area contributed by atoms with E-state index in [0.717, 1.165) is 83.0 Å². The number of benzene rings is 3. The Morgan fingerprint density at radius 1 is 0.585 bits per heavy atom. The van der Waals surface area contributed by atoms with Gasteiger partial charge in [0, 0.05) is 48.7 Å². The second kappa shape index (κ2) is 15.0. The quantitative estimate of drug-likeness (QED) is 0.164. The van der Waals surface area contributed by atoms with Gasteiger partial charge in [-0.15, -0.1) is 0 Å². The summed E-state index contributed by atoms with van der Waals surface area (Å²) >= 11 is 0. The number of hydrogen-bond acceptors (Lipinski definition) is 6. The molecule has 0 aliphatic carbocycles. The summed E-state index contributed by atoms with van der Waals surface area (Å²) in [7, 11) is -2.92. The van der Waals surface area contributed by atoms with Crippen molar-refractivity contribution in [1.82, 2.24) is 28.7 Å². The van der Waals surface area contributed by atoms with Gasteiger partial charge in [-0.05, 0) is 90.1 Å². The molecule has 9 rings (SSSR count). The molecule has 0 bridgehead atoms. The average molecular weight is 717 g/mol. The van der Waals surface area contributed by atoms with Crippen LogP contribution in [0.25, 0.3) is 56.1 Å². The zero-order valence-electron chi connectivity index (χ0n) is 29.5. The standard InChI is InChI=1S/C26H27N3O2S.C18H13N3/c1-32(30,31)24-12-14-28(15-13-24)19-20-7-9-21(10-8-20)23-11-16-29-25(18-27-26(29)17-23)22-5-3-2-4-6-22;1-2-4-15(5-3-1)17-13-20-18-12-16(8-11-21(17)18)14-6-9-19-10-7-14/h2-11,16-18,24H,12-15,19H2,1H3;1-13H. The van der Waals surface area contributed by atoms with Crippen LogP contribution in [-0.4, -0.2) is 61.7 Å². The Balaban J connectivity index is 0.000000164. The van der Waals surface area contributed by atoms with Crippen molar-refractivity contribution in [3.8, 4) is 44.8 Å². The highest BCUT2D eigenvalue weighted by Crippen LogP contribution is 2.27. The van der Waals surface area contributed by atoms with Crippen molar-refractivity contribution >= 4 is 21.1 Å². The van der Waals surface area contributed by atoms with Gasteiger partial charge >= 0.3 is 0 Å². The van der Waals surface area contributed by atoms with Crippen LogP contribution >= 0.6 is 0 Å². The van der Waals surface area contributed by atoms with Crippen LogP contribution in [0.15, 0.2) is 159 Å². The van der Waals surface area contributed by atoms with Crippen molar-refractivity contribution in [3.63, 3.8) is 0 Å². The number of rotatable bonds is 7. The molecule has 0 N–H and O–H groups in total. The molecule has 0 atom stereocenters. The molecule has 1 fully saturated rings. The van der Waals surface area contributed by atoms with E-state index in [1.807, 2.05) is 60.9 Å². The number of pyridine rings is 3. The second-order valence-corrected chi connectivity index (χ2v) is 15.9. The Labute approximate surface area is 310 Å². The lowest BCUT2D eigenvalue weighted by Crippen LogP contribution is -2.38. The van der Waals surface area contributed by atoms with Crippen LogP contribution in [0.2, 0.25) is 0 Å². The number of sulfone groups is 1. The first-order valence-electron chi connectivity index (χ1n) is 17.8. The zero-order chi connectivity index (χ0) is 36.2. The Morgan fingerprint density at radius 3 is 1.57 bits per heavy atom. The molecule has 9 heteroatoms. The molecule has 3 aromatic carbocycles. The van der Waals surface area contributed by atoms with Gasteiger partial charge in [-0.25, -0.2) is 18.4 Å². The van der Waals surface area contributed by atoms with E-state index < -0.39 is 9.84 Å². The lowest BCUT2D eigenvalue weighted by Gasteiger charge is -2.31. The van der Waals surface area contributed by atoms with Crippen LogP contribution in [0.1, 0.15) is 18.4 Å². The van der Waals surface area contributed by atoms with Gasteiger partial charge in [-0.1, -0.05) is 84.9 Å². The lowest BCUT2D eigenvalue weighted by atomic mass is 10.0. The minimum atomic E-state index is -2.92. The molecule has 0 amide bonds.